The first-order chi connectivity index (χ1) is 10.1. The summed E-state index contributed by atoms with van der Waals surface area (Å²) in [6, 6.07) is 1.94. The zero-order chi connectivity index (χ0) is 14.8. The molecule has 0 radical (unpaired) electrons. The van der Waals surface area contributed by atoms with Crippen LogP contribution in [0.2, 0.25) is 0 Å². The number of hydrogen-bond acceptors (Lipinski definition) is 4. The second-order valence-corrected chi connectivity index (χ2v) is 5.47. The fourth-order valence-electron chi connectivity index (χ4n) is 2.75. The molecule has 1 saturated heterocycles. The van der Waals surface area contributed by atoms with Crippen LogP contribution in [0.3, 0.4) is 0 Å². The van der Waals surface area contributed by atoms with Crippen molar-refractivity contribution in [2.75, 3.05) is 13.1 Å². The lowest BCUT2D eigenvalue weighted by atomic mass is 9.95. The molecule has 3 heterocycles. The maximum Gasteiger partial charge on any atom is 0.219 e. The summed E-state index contributed by atoms with van der Waals surface area (Å²) in [7, 11) is 0. The minimum atomic E-state index is 0.148. The molecule has 110 valence electrons. The van der Waals surface area contributed by atoms with Gasteiger partial charge in [-0.2, -0.15) is 0 Å². The molecule has 1 fully saturated rings. The Morgan fingerprint density at radius 2 is 2.10 bits per heavy atom. The normalized spacial score (nSPS) is 16.2. The monoisotopic (exact) mass is 285 g/mol. The first-order valence-corrected chi connectivity index (χ1v) is 7.24. The molecule has 6 nitrogen and oxygen atoms in total. The Hall–Kier alpha value is -2.24. The summed E-state index contributed by atoms with van der Waals surface area (Å²) in [6.45, 7) is 5.17. The molecule has 6 heteroatoms. The van der Waals surface area contributed by atoms with Crippen LogP contribution in [0.4, 0.5) is 0 Å². The molecule has 3 rings (SSSR count). The van der Waals surface area contributed by atoms with E-state index in [-0.39, 0.29) is 5.91 Å². The largest absolute Gasteiger partial charge is 0.343 e. The SMILES string of the molecule is CC(=O)N1CCC(c2nc(C)cc(-c3ncc[nH]3)n2)CC1. The molecule has 21 heavy (non-hydrogen) atoms. The number of nitrogens with one attached hydrogen (secondary N) is 1. The van der Waals surface area contributed by atoms with E-state index in [1.807, 2.05) is 17.9 Å². The van der Waals surface area contributed by atoms with Gasteiger partial charge in [-0.1, -0.05) is 0 Å². The van der Waals surface area contributed by atoms with Crippen LogP contribution in [0.25, 0.3) is 11.5 Å². The van der Waals surface area contributed by atoms with E-state index in [2.05, 4.69) is 19.9 Å². The highest BCUT2D eigenvalue weighted by molar-refractivity contribution is 5.73. The number of aromatic amines is 1. The van der Waals surface area contributed by atoms with Crippen molar-refractivity contribution < 1.29 is 4.79 Å². The molecule has 0 aromatic carbocycles. The molecule has 2 aromatic heterocycles. The van der Waals surface area contributed by atoms with Crippen molar-refractivity contribution in [2.24, 2.45) is 0 Å². The summed E-state index contributed by atoms with van der Waals surface area (Å²) in [6.07, 6.45) is 5.34. The molecule has 0 atom stereocenters. The molecule has 1 N–H and O–H groups in total. The van der Waals surface area contributed by atoms with Gasteiger partial charge >= 0.3 is 0 Å². The lowest BCUT2D eigenvalue weighted by Gasteiger charge is -2.30. The molecule has 2 aromatic rings. The number of rotatable bonds is 2. The first-order valence-electron chi connectivity index (χ1n) is 7.24. The van der Waals surface area contributed by atoms with E-state index in [0.29, 0.717) is 5.92 Å². The van der Waals surface area contributed by atoms with Gasteiger partial charge in [0.2, 0.25) is 5.91 Å². The van der Waals surface area contributed by atoms with Gasteiger partial charge in [0.25, 0.3) is 0 Å². The van der Waals surface area contributed by atoms with Gasteiger partial charge in [0, 0.05) is 44.0 Å². The minimum Gasteiger partial charge on any atom is -0.343 e. The molecule has 0 saturated carbocycles. The Kier molecular flexibility index (Phi) is 3.68. The van der Waals surface area contributed by atoms with Crippen LogP contribution < -0.4 is 0 Å². The van der Waals surface area contributed by atoms with Crippen LogP contribution in [0.1, 0.15) is 37.2 Å². The number of aromatic nitrogens is 4. The number of aryl methyl sites for hydroxylation is 1. The third-order valence-electron chi connectivity index (χ3n) is 3.92. The lowest BCUT2D eigenvalue weighted by Crippen LogP contribution is -2.36. The third-order valence-corrected chi connectivity index (χ3v) is 3.92. The maximum atomic E-state index is 11.4. The number of imidazole rings is 1. The van der Waals surface area contributed by atoms with Crippen molar-refractivity contribution >= 4 is 5.91 Å². The molecule has 0 spiro atoms. The minimum absolute atomic E-state index is 0.148. The van der Waals surface area contributed by atoms with E-state index >= 15 is 0 Å². The van der Waals surface area contributed by atoms with E-state index in [9.17, 15) is 4.79 Å². The van der Waals surface area contributed by atoms with Crippen molar-refractivity contribution in [1.29, 1.82) is 0 Å². The first kappa shape index (κ1) is 13.7. The van der Waals surface area contributed by atoms with Crippen molar-refractivity contribution in [3.05, 3.63) is 30.0 Å². The predicted octanol–water partition coefficient (Wildman–Crippen LogP) is 1.90. The second-order valence-electron chi connectivity index (χ2n) is 5.47. The molecular weight excluding hydrogens is 266 g/mol. The highest BCUT2D eigenvalue weighted by atomic mass is 16.2. The molecule has 0 bridgehead atoms. The topological polar surface area (TPSA) is 74.8 Å². The number of carbonyl (C=O) groups is 1. The lowest BCUT2D eigenvalue weighted by molar-refractivity contribution is -0.129. The van der Waals surface area contributed by atoms with E-state index in [0.717, 1.165) is 49.0 Å². The molecule has 0 unspecified atom stereocenters. The Balaban J connectivity index is 1.82. The van der Waals surface area contributed by atoms with E-state index in [4.69, 9.17) is 0 Å². The zero-order valence-corrected chi connectivity index (χ0v) is 12.3. The molecule has 0 aliphatic carbocycles. The Bertz CT molecular complexity index is 630. The van der Waals surface area contributed by atoms with Gasteiger partial charge in [-0.25, -0.2) is 15.0 Å². The van der Waals surface area contributed by atoms with Crippen LogP contribution in [0, 0.1) is 6.92 Å². The fraction of sp³-hybridized carbons (Fsp3) is 0.467. The highest BCUT2D eigenvalue weighted by Crippen LogP contribution is 2.27. The Morgan fingerprint density at radius 3 is 2.71 bits per heavy atom. The molecular formula is C15H19N5O. The van der Waals surface area contributed by atoms with Gasteiger partial charge in [-0.15, -0.1) is 0 Å². The van der Waals surface area contributed by atoms with Crippen molar-refractivity contribution in [1.82, 2.24) is 24.8 Å². The molecule has 1 amide bonds. The van der Waals surface area contributed by atoms with E-state index in [1.54, 1.807) is 19.3 Å². The smallest absolute Gasteiger partial charge is 0.219 e. The number of hydrogen-bond donors (Lipinski definition) is 1. The standard InChI is InChI=1S/C15H19N5O/c1-10-9-13(15-16-5-6-17-15)19-14(18-10)12-3-7-20(8-4-12)11(2)21/h5-6,9,12H,3-4,7-8H2,1-2H3,(H,16,17). The number of amides is 1. The van der Waals surface area contributed by atoms with Gasteiger partial charge in [0.15, 0.2) is 5.82 Å². The summed E-state index contributed by atoms with van der Waals surface area (Å²) in [5.74, 6) is 2.09. The maximum absolute atomic E-state index is 11.4. The fourth-order valence-corrected chi connectivity index (χ4v) is 2.75. The quantitative estimate of drug-likeness (QED) is 0.914. The number of nitrogens with zero attached hydrogens (tertiary/aromatic N) is 4. The Labute approximate surface area is 123 Å². The van der Waals surface area contributed by atoms with Crippen LogP contribution in [-0.2, 0) is 4.79 Å². The van der Waals surface area contributed by atoms with E-state index < -0.39 is 0 Å². The van der Waals surface area contributed by atoms with Gasteiger partial charge in [0.1, 0.15) is 11.5 Å². The number of likely N-dealkylation sites (tertiary alicyclic amines) is 1. The van der Waals surface area contributed by atoms with Gasteiger partial charge in [-0.05, 0) is 25.8 Å². The van der Waals surface area contributed by atoms with Crippen LogP contribution in [-0.4, -0.2) is 43.8 Å². The summed E-state index contributed by atoms with van der Waals surface area (Å²) in [5, 5.41) is 0. The Morgan fingerprint density at radius 1 is 1.33 bits per heavy atom. The summed E-state index contributed by atoms with van der Waals surface area (Å²) in [5.41, 5.74) is 1.77. The van der Waals surface area contributed by atoms with Crippen molar-refractivity contribution in [3.8, 4) is 11.5 Å². The van der Waals surface area contributed by atoms with Gasteiger partial charge in [0.05, 0.1) is 0 Å². The number of piperidine rings is 1. The third kappa shape index (κ3) is 2.94. The number of H-pyrrole nitrogens is 1. The summed E-state index contributed by atoms with van der Waals surface area (Å²) in [4.78, 5) is 29.8. The molecule has 1 aliphatic rings. The van der Waals surface area contributed by atoms with Crippen molar-refractivity contribution in [3.63, 3.8) is 0 Å². The average Bonchev–Trinajstić information content (AvgIpc) is 3.01. The molecule has 1 aliphatic heterocycles. The zero-order valence-electron chi connectivity index (χ0n) is 12.3. The average molecular weight is 285 g/mol. The van der Waals surface area contributed by atoms with Crippen LogP contribution in [0.15, 0.2) is 18.5 Å². The summed E-state index contributed by atoms with van der Waals surface area (Å²) >= 11 is 0. The van der Waals surface area contributed by atoms with E-state index in [1.165, 1.54) is 0 Å². The number of carbonyl (C=O) groups excluding carboxylic acids is 1. The highest BCUT2D eigenvalue weighted by Gasteiger charge is 2.24. The predicted molar refractivity (Wildman–Crippen MR) is 78.6 cm³/mol. The van der Waals surface area contributed by atoms with Crippen LogP contribution in [0.5, 0.6) is 0 Å². The van der Waals surface area contributed by atoms with Gasteiger partial charge < -0.3 is 9.88 Å². The second kappa shape index (κ2) is 5.63. The van der Waals surface area contributed by atoms with Crippen LogP contribution >= 0.6 is 0 Å². The van der Waals surface area contributed by atoms with Crippen molar-refractivity contribution in [2.45, 2.75) is 32.6 Å². The summed E-state index contributed by atoms with van der Waals surface area (Å²) < 4.78 is 0. The van der Waals surface area contributed by atoms with Gasteiger partial charge in [-0.3, -0.25) is 4.79 Å².